The maximum atomic E-state index is 13.4. The lowest BCUT2D eigenvalue weighted by atomic mass is 10.1. The third-order valence-electron chi connectivity index (χ3n) is 4.56. The van der Waals surface area contributed by atoms with Crippen LogP contribution < -0.4 is 14.5 Å². The summed E-state index contributed by atoms with van der Waals surface area (Å²) in [6, 6.07) is 7.15. The molecule has 0 saturated carbocycles. The molecule has 1 aliphatic rings. The van der Waals surface area contributed by atoms with Crippen LogP contribution >= 0.6 is 0 Å². The molecule has 0 bridgehead atoms. The molecule has 1 N–H and O–H groups in total. The van der Waals surface area contributed by atoms with Gasteiger partial charge in [-0.05, 0) is 54.8 Å². The molecule has 0 spiro atoms. The molecule has 29 heavy (non-hydrogen) atoms. The summed E-state index contributed by atoms with van der Waals surface area (Å²) in [4.78, 5) is 8.42. The topological polar surface area (TPSA) is 67.7 Å². The Labute approximate surface area is 164 Å². The fraction of sp³-hybridized carbons (Fsp3) is 0.200. The quantitative estimate of drug-likeness (QED) is 0.642. The van der Waals surface area contributed by atoms with E-state index in [1.165, 1.54) is 36.7 Å². The smallest absolute Gasteiger partial charge is 0.395 e. The van der Waals surface area contributed by atoms with Crippen molar-refractivity contribution in [1.82, 2.24) is 9.97 Å². The zero-order valence-electron chi connectivity index (χ0n) is 15.5. The number of fused-ring (bicyclic) bond motifs is 1. The Morgan fingerprint density at radius 1 is 1.00 bits per heavy atom. The van der Waals surface area contributed by atoms with Crippen LogP contribution in [0.3, 0.4) is 0 Å². The van der Waals surface area contributed by atoms with Crippen LogP contribution in [0.1, 0.15) is 16.7 Å². The fourth-order valence-electron chi connectivity index (χ4n) is 3.02. The van der Waals surface area contributed by atoms with Crippen LogP contribution in [0.5, 0.6) is 11.5 Å². The first-order valence-corrected chi connectivity index (χ1v) is 8.66. The molecule has 4 rings (SSSR count). The zero-order valence-corrected chi connectivity index (χ0v) is 15.5. The lowest BCUT2D eigenvalue weighted by Gasteiger charge is -2.17. The van der Waals surface area contributed by atoms with Crippen LogP contribution in [0.25, 0.3) is 11.3 Å². The van der Waals surface area contributed by atoms with Gasteiger partial charge in [0.15, 0.2) is 17.3 Å². The van der Waals surface area contributed by atoms with Crippen LogP contribution in [0, 0.1) is 19.7 Å². The number of alkyl halides is 2. The van der Waals surface area contributed by atoms with E-state index in [1.54, 1.807) is 13.0 Å². The van der Waals surface area contributed by atoms with Crippen LogP contribution in [-0.2, 0) is 6.54 Å². The van der Waals surface area contributed by atoms with Gasteiger partial charge in [0, 0.05) is 5.56 Å². The largest absolute Gasteiger partial charge is 0.586 e. The molecule has 6 nitrogen and oxygen atoms in total. The number of halogens is 3. The van der Waals surface area contributed by atoms with Crippen LogP contribution in [0.2, 0.25) is 0 Å². The van der Waals surface area contributed by atoms with Crippen molar-refractivity contribution in [1.29, 1.82) is 0 Å². The van der Waals surface area contributed by atoms with E-state index in [4.69, 9.17) is 0 Å². The van der Waals surface area contributed by atoms with Crippen molar-refractivity contribution in [3.63, 3.8) is 0 Å². The number of hydrogen-bond donors (Lipinski definition) is 1. The maximum absolute atomic E-state index is 13.4. The lowest BCUT2D eigenvalue weighted by Crippen LogP contribution is -2.25. The van der Waals surface area contributed by atoms with Crippen LogP contribution in [-0.4, -0.2) is 21.5 Å². The first-order chi connectivity index (χ1) is 13.7. The minimum Gasteiger partial charge on any atom is -0.395 e. The van der Waals surface area contributed by atoms with Gasteiger partial charge in [0.05, 0.1) is 24.6 Å². The second-order valence-electron chi connectivity index (χ2n) is 6.67. The van der Waals surface area contributed by atoms with Gasteiger partial charge in [-0.3, -0.25) is 10.2 Å². The summed E-state index contributed by atoms with van der Waals surface area (Å²) >= 11 is 0. The second kappa shape index (κ2) is 6.93. The average Bonchev–Trinajstić information content (AvgIpc) is 2.97. The number of hydroxylamine groups is 1. The Morgan fingerprint density at radius 3 is 2.41 bits per heavy atom. The van der Waals surface area contributed by atoms with Crippen molar-refractivity contribution in [3.8, 4) is 22.8 Å². The highest BCUT2D eigenvalue weighted by molar-refractivity contribution is 5.68. The molecule has 3 aromatic rings. The zero-order chi connectivity index (χ0) is 20.8. The van der Waals surface area contributed by atoms with Crippen molar-refractivity contribution in [2.24, 2.45) is 0 Å². The molecule has 0 aliphatic carbocycles. The third-order valence-corrected chi connectivity index (χ3v) is 4.56. The van der Waals surface area contributed by atoms with E-state index in [9.17, 15) is 18.4 Å². The minimum absolute atomic E-state index is 0.0236. The van der Waals surface area contributed by atoms with Gasteiger partial charge in [0.25, 0.3) is 0 Å². The van der Waals surface area contributed by atoms with Gasteiger partial charge in [0.2, 0.25) is 0 Å². The van der Waals surface area contributed by atoms with Gasteiger partial charge in [-0.1, -0.05) is 6.07 Å². The molecule has 0 unspecified atom stereocenters. The Morgan fingerprint density at radius 2 is 1.72 bits per heavy atom. The molecular formula is C20H16F3N3O3. The van der Waals surface area contributed by atoms with E-state index in [-0.39, 0.29) is 23.9 Å². The Bertz CT molecular complexity index is 1070. The highest BCUT2D eigenvalue weighted by Crippen LogP contribution is 2.44. The summed E-state index contributed by atoms with van der Waals surface area (Å²) in [5, 5.41) is 11.1. The molecule has 9 heteroatoms. The molecule has 2 heterocycles. The van der Waals surface area contributed by atoms with Crippen molar-refractivity contribution >= 4 is 5.82 Å². The Hall–Kier alpha value is -3.33. The Kier molecular flexibility index (Phi) is 4.54. The highest BCUT2D eigenvalue weighted by atomic mass is 19.3. The number of anilines is 1. The van der Waals surface area contributed by atoms with E-state index >= 15 is 0 Å². The number of aromatic nitrogens is 2. The van der Waals surface area contributed by atoms with Gasteiger partial charge in [-0.2, -0.15) is 0 Å². The van der Waals surface area contributed by atoms with Crippen molar-refractivity contribution in [2.75, 3.05) is 5.06 Å². The molecule has 0 radical (unpaired) electrons. The SMILES string of the molecule is Cc1ccc(F)cc1CN(O)c1cnc(-c2cc3c(cc2C)OC(F)(F)O3)cn1. The first kappa shape index (κ1) is 19.0. The normalized spacial score (nSPS) is 14.1. The third kappa shape index (κ3) is 3.81. The van der Waals surface area contributed by atoms with E-state index in [0.717, 1.165) is 10.6 Å². The van der Waals surface area contributed by atoms with E-state index in [2.05, 4.69) is 19.4 Å². The summed E-state index contributed by atoms with van der Waals surface area (Å²) in [5.74, 6) is -0.383. The predicted molar refractivity (Wildman–Crippen MR) is 97.5 cm³/mol. The van der Waals surface area contributed by atoms with Gasteiger partial charge in [-0.25, -0.2) is 14.4 Å². The first-order valence-electron chi connectivity index (χ1n) is 8.66. The van der Waals surface area contributed by atoms with E-state index in [1.807, 2.05) is 6.92 Å². The number of benzene rings is 2. The predicted octanol–water partition coefficient (Wildman–Crippen LogP) is 4.62. The number of aryl methyl sites for hydroxylation is 2. The number of ether oxygens (including phenoxy) is 2. The molecule has 150 valence electrons. The summed E-state index contributed by atoms with van der Waals surface area (Å²) in [6.45, 7) is 3.55. The highest BCUT2D eigenvalue weighted by Gasteiger charge is 2.43. The maximum Gasteiger partial charge on any atom is 0.586 e. The van der Waals surface area contributed by atoms with Crippen LogP contribution in [0.15, 0.2) is 42.7 Å². The van der Waals surface area contributed by atoms with Crippen molar-refractivity contribution < 1.29 is 27.9 Å². The lowest BCUT2D eigenvalue weighted by molar-refractivity contribution is -0.286. The molecule has 0 atom stereocenters. The van der Waals surface area contributed by atoms with E-state index < -0.39 is 12.1 Å². The molecule has 0 saturated heterocycles. The van der Waals surface area contributed by atoms with Gasteiger partial charge in [-0.15, -0.1) is 8.78 Å². The molecular weight excluding hydrogens is 387 g/mol. The van der Waals surface area contributed by atoms with Gasteiger partial charge >= 0.3 is 6.29 Å². The molecule has 0 amide bonds. The van der Waals surface area contributed by atoms with Gasteiger partial charge in [0.1, 0.15) is 5.82 Å². The number of rotatable bonds is 4. The summed E-state index contributed by atoms with van der Waals surface area (Å²) in [7, 11) is 0. The Balaban J connectivity index is 1.56. The van der Waals surface area contributed by atoms with E-state index in [0.29, 0.717) is 22.4 Å². The summed E-state index contributed by atoms with van der Waals surface area (Å²) < 4.78 is 48.8. The molecule has 2 aromatic carbocycles. The molecule has 1 aliphatic heterocycles. The number of nitrogens with zero attached hydrogens (tertiary/aromatic N) is 3. The minimum atomic E-state index is -3.70. The monoisotopic (exact) mass is 403 g/mol. The summed E-state index contributed by atoms with van der Waals surface area (Å²) in [5.41, 5.74) is 3.01. The molecule has 1 aromatic heterocycles. The fourth-order valence-corrected chi connectivity index (χ4v) is 3.02. The van der Waals surface area contributed by atoms with Gasteiger partial charge < -0.3 is 9.47 Å². The second-order valence-corrected chi connectivity index (χ2v) is 6.67. The summed E-state index contributed by atoms with van der Waals surface area (Å²) in [6.07, 6.45) is -0.961. The molecule has 0 fully saturated rings. The standard InChI is InChI=1S/C20H16F3N3O3/c1-11-3-4-14(21)6-13(11)10-26(27)19-9-24-16(8-25-19)15-7-18-17(5-12(15)2)28-20(22,23)29-18/h3-9,27H,10H2,1-2H3. The van der Waals surface area contributed by atoms with Crippen LogP contribution in [0.4, 0.5) is 19.0 Å². The van der Waals surface area contributed by atoms with Crippen molar-refractivity contribution in [2.45, 2.75) is 26.7 Å². The van der Waals surface area contributed by atoms with Crippen molar-refractivity contribution in [3.05, 3.63) is 65.2 Å². The average molecular weight is 403 g/mol. The number of hydrogen-bond acceptors (Lipinski definition) is 6.